The Morgan fingerprint density at radius 3 is 2.27 bits per heavy atom. The van der Waals surface area contributed by atoms with E-state index in [4.69, 9.17) is 4.74 Å². The van der Waals surface area contributed by atoms with E-state index in [0.29, 0.717) is 12.2 Å². The van der Waals surface area contributed by atoms with Crippen LogP contribution in [0.15, 0.2) is 24.3 Å². The summed E-state index contributed by atoms with van der Waals surface area (Å²) in [6, 6.07) is 8.82. The third-order valence-electron chi connectivity index (χ3n) is 3.44. The number of morpholine rings is 1. The maximum atomic E-state index is 5.83. The number of fused-ring (bicyclic) bond motifs is 2. The number of anilines is 1. The van der Waals surface area contributed by atoms with Crippen LogP contribution in [0, 0.1) is 6.92 Å². The molecule has 2 unspecified atom stereocenters. The summed E-state index contributed by atoms with van der Waals surface area (Å²) < 4.78 is 5.83. The van der Waals surface area contributed by atoms with Crippen LogP contribution in [-0.2, 0) is 4.74 Å². The maximum Gasteiger partial charge on any atom is 0.0755 e. The average molecular weight is 203 g/mol. The topological polar surface area (TPSA) is 12.5 Å². The molecule has 0 N–H and O–H groups in total. The Labute approximate surface area is 90.8 Å². The Hall–Kier alpha value is -1.02. The van der Waals surface area contributed by atoms with Crippen LogP contribution in [0.2, 0.25) is 0 Å². The average Bonchev–Trinajstić information content (AvgIpc) is 2.59. The van der Waals surface area contributed by atoms with Crippen LogP contribution in [0.25, 0.3) is 0 Å². The Balaban J connectivity index is 1.80. The third-order valence-corrected chi connectivity index (χ3v) is 3.44. The van der Waals surface area contributed by atoms with Crippen molar-refractivity contribution in [1.29, 1.82) is 0 Å². The molecule has 0 radical (unpaired) electrons. The molecule has 1 aromatic carbocycles. The number of hydrogen-bond donors (Lipinski definition) is 0. The van der Waals surface area contributed by atoms with Gasteiger partial charge in [0.05, 0.1) is 12.2 Å². The Morgan fingerprint density at radius 1 is 1.07 bits per heavy atom. The van der Waals surface area contributed by atoms with Crippen LogP contribution < -0.4 is 4.90 Å². The lowest BCUT2D eigenvalue weighted by atomic mass is 10.2. The first-order valence-electron chi connectivity index (χ1n) is 5.78. The van der Waals surface area contributed by atoms with Crippen molar-refractivity contribution in [3.05, 3.63) is 29.8 Å². The molecule has 2 atom stereocenters. The molecule has 2 saturated heterocycles. The molecule has 2 aliphatic heterocycles. The lowest BCUT2D eigenvalue weighted by Crippen LogP contribution is -2.42. The van der Waals surface area contributed by atoms with E-state index in [1.165, 1.54) is 24.1 Å². The zero-order valence-electron chi connectivity index (χ0n) is 9.15. The third kappa shape index (κ3) is 1.74. The number of nitrogens with zero attached hydrogens (tertiary/aromatic N) is 1. The normalized spacial score (nSPS) is 29.5. The van der Waals surface area contributed by atoms with Crippen molar-refractivity contribution in [3.63, 3.8) is 0 Å². The highest BCUT2D eigenvalue weighted by Gasteiger charge is 2.33. The highest BCUT2D eigenvalue weighted by molar-refractivity contribution is 5.48. The summed E-state index contributed by atoms with van der Waals surface area (Å²) in [6.07, 6.45) is 3.44. The van der Waals surface area contributed by atoms with Gasteiger partial charge in [0.25, 0.3) is 0 Å². The van der Waals surface area contributed by atoms with Gasteiger partial charge in [0.15, 0.2) is 0 Å². The van der Waals surface area contributed by atoms with E-state index in [1.54, 1.807) is 0 Å². The summed E-state index contributed by atoms with van der Waals surface area (Å²) in [6.45, 7) is 4.27. The van der Waals surface area contributed by atoms with Crippen molar-refractivity contribution in [2.24, 2.45) is 0 Å². The maximum absolute atomic E-state index is 5.83. The molecule has 0 aliphatic carbocycles. The second-order valence-electron chi connectivity index (χ2n) is 4.70. The second-order valence-corrected chi connectivity index (χ2v) is 4.70. The van der Waals surface area contributed by atoms with Gasteiger partial charge in [0.1, 0.15) is 0 Å². The highest BCUT2D eigenvalue weighted by Crippen LogP contribution is 2.29. The first-order valence-corrected chi connectivity index (χ1v) is 5.78. The van der Waals surface area contributed by atoms with Crippen molar-refractivity contribution in [2.75, 3.05) is 18.0 Å². The molecule has 80 valence electrons. The lowest BCUT2D eigenvalue weighted by molar-refractivity contribution is 0.0305. The van der Waals surface area contributed by atoms with Crippen LogP contribution in [0.4, 0.5) is 5.69 Å². The summed E-state index contributed by atoms with van der Waals surface area (Å²) >= 11 is 0. The van der Waals surface area contributed by atoms with Gasteiger partial charge in [0, 0.05) is 18.8 Å². The number of benzene rings is 1. The molecule has 2 heteroatoms. The lowest BCUT2D eigenvalue weighted by Gasteiger charge is -2.33. The summed E-state index contributed by atoms with van der Waals surface area (Å²) in [4.78, 5) is 2.46. The second kappa shape index (κ2) is 3.53. The molecule has 2 heterocycles. The summed E-state index contributed by atoms with van der Waals surface area (Å²) in [5, 5.41) is 0. The SMILES string of the molecule is Cc1ccc(N2CC3CCC(C2)O3)cc1. The fraction of sp³-hybridized carbons (Fsp3) is 0.538. The number of ether oxygens (including phenoxy) is 1. The molecule has 0 aromatic heterocycles. The zero-order chi connectivity index (χ0) is 10.3. The van der Waals surface area contributed by atoms with Crippen molar-refractivity contribution < 1.29 is 4.74 Å². The molecule has 0 saturated carbocycles. The first kappa shape index (κ1) is 9.22. The van der Waals surface area contributed by atoms with Gasteiger partial charge in [0.2, 0.25) is 0 Å². The molecule has 0 spiro atoms. The van der Waals surface area contributed by atoms with Gasteiger partial charge in [-0.3, -0.25) is 0 Å². The summed E-state index contributed by atoms with van der Waals surface area (Å²) in [7, 11) is 0. The van der Waals surface area contributed by atoms with Gasteiger partial charge in [-0.25, -0.2) is 0 Å². The van der Waals surface area contributed by atoms with E-state index in [0.717, 1.165) is 13.1 Å². The molecule has 1 aromatic rings. The largest absolute Gasteiger partial charge is 0.371 e. The molecule has 0 amide bonds. The molecular weight excluding hydrogens is 186 g/mol. The molecule has 2 nitrogen and oxygen atoms in total. The van der Waals surface area contributed by atoms with Gasteiger partial charge in [-0.05, 0) is 31.9 Å². The minimum Gasteiger partial charge on any atom is -0.371 e. The summed E-state index contributed by atoms with van der Waals surface area (Å²) in [5.74, 6) is 0. The fourth-order valence-electron chi connectivity index (χ4n) is 2.58. The van der Waals surface area contributed by atoms with E-state index in [9.17, 15) is 0 Å². The first-order chi connectivity index (χ1) is 7.31. The van der Waals surface area contributed by atoms with Crippen LogP contribution in [0.1, 0.15) is 18.4 Å². The zero-order valence-corrected chi connectivity index (χ0v) is 9.15. The number of aryl methyl sites for hydroxylation is 1. The van der Waals surface area contributed by atoms with Gasteiger partial charge >= 0.3 is 0 Å². The highest BCUT2D eigenvalue weighted by atomic mass is 16.5. The molecule has 3 rings (SSSR count). The molecule has 2 aliphatic rings. The van der Waals surface area contributed by atoms with Crippen molar-refractivity contribution in [1.82, 2.24) is 0 Å². The molecule has 15 heavy (non-hydrogen) atoms. The van der Waals surface area contributed by atoms with Gasteiger partial charge in [-0.1, -0.05) is 17.7 Å². The molecule has 2 fully saturated rings. The minimum atomic E-state index is 0.477. The van der Waals surface area contributed by atoms with Crippen LogP contribution in [0.5, 0.6) is 0 Å². The van der Waals surface area contributed by atoms with E-state index in [2.05, 4.69) is 36.1 Å². The van der Waals surface area contributed by atoms with E-state index in [1.807, 2.05) is 0 Å². The number of hydrogen-bond acceptors (Lipinski definition) is 2. The van der Waals surface area contributed by atoms with Crippen LogP contribution in [0.3, 0.4) is 0 Å². The van der Waals surface area contributed by atoms with E-state index >= 15 is 0 Å². The fourth-order valence-corrected chi connectivity index (χ4v) is 2.58. The van der Waals surface area contributed by atoms with Crippen LogP contribution >= 0.6 is 0 Å². The van der Waals surface area contributed by atoms with Crippen LogP contribution in [-0.4, -0.2) is 25.3 Å². The summed E-state index contributed by atoms with van der Waals surface area (Å²) in [5.41, 5.74) is 2.68. The Bertz CT molecular complexity index is 334. The Morgan fingerprint density at radius 2 is 1.67 bits per heavy atom. The standard InChI is InChI=1S/C13H17NO/c1-10-2-4-11(5-3-10)14-8-12-6-7-13(9-14)15-12/h2-5,12-13H,6-9H2,1H3. The van der Waals surface area contributed by atoms with E-state index < -0.39 is 0 Å². The Kier molecular flexibility index (Phi) is 2.17. The predicted octanol–water partition coefficient (Wildman–Crippen LogP) is 2.36. The smallest absolute Gasteiger partial charge is 0.0755 e. The number of rotatable bonds is 1. The quantitative estimate of drug-likeness (QED) is 0.694. The van der Waals surface area contributed by atoms with E-state index in [-0.39, 0.29) is 0 Å². The van der Waals surface area contributed by atoms with Crippen molar-refractivity contribution in [3.8, 4) is 0 Å². The van der Waals surface area contributed by atoms with Gasteiger partial charge in [-0.2, -0.15) is 0 Å². The van der Waals surface area contributed by atoms with Crippen molar-refractivity contribution >= 4 is 5.69 Å². The molecule has 2 bridgehead atoms. The monoisotopic (exact) mass is 203 g/mol. The van der Waals surface area contributed by atoms with Gasteiger partial charge < -0.3 is 9.64 Å². The van der Waals surface area contributed by atoms with Gasteiger partial charge in [-0.15, -0.1) is 0 Å². The molecular formula is C13H17NO. The minimum absolute atomic E-state index is 0.477. The predicted molar refractivity (Wildman–Crippen MR) is 61.3 cm³/mol. The van der Waals surface area contributed by atoms with Crippen molar-refractivity contribution in [2.45, 2.75) is 32.0 Å².